The second-order valence-electron chi connectivity index (χ2n) is 9.94. The Labute approximate surface area is 245 Å². The molecule has 3 aliphatic carbocycles. The molecular formula is C29H20Br2ClNO6. The zero-order valence-corrected chi connectivity index (χ0v) is 24.3. The van der Waals surface area contributed by atoms with Gasteiger partial charge in [0.2, 0.25) is 11.8 Å². The van der Waals surface area contributed by atoms with E-state index in [0.717, 1.165) is 10.0 Å². The minimum absolute atomic E-state index is 0.0303. The van der Waals surface area contributed by atoms with E-state index in [4.69, 9.17) is 16.3 Å². The smallest absolute Gasteiger partial charge is 0.238 e. The van der Waals surface area contributed by atoms with Gasteiger partial charge in [-0.05, 0) is 76.7 Å². The fraction of sp³-hybridized carbons (Fsp3) is 0.241. The zero-order chi connectivity index (χ0) is 27.7. The van der Waals surface area contributed by atoms with Gasteiger partial charge in [-0.1, -0.05) is 39.2 Å². The van der Waals surface area contributed by atoms with Crippen molar-refractivity contribution < 1.29 is 29.0 Å². The summed E-state index contributed by atoms with van der Waals surface area (Å²) in [6.45, 7) is 0. The maximum absolute atomic E-state index is 13.9. The van der Waals surface area contributed by atoms with E-state index in [1.165, 1.54) is 18.1 Å². The molecule has 0 aromatic heterocycles. The predicted molar refractivity (Wildman–Crippen MR) is 151 cm³/mol. The van der Waals surface area contributed by atoms with Crippen LogP contribution in [0.2, 0.25) is 5.02 Å². The Balaban J connectivity index is 1.51. The first kappa shape index (κ1) is 26.2. The number of hydrogen-bond donors (Lipinski definition) is 1. The van der Waals surface area contributed by atoms with Gasteiger partial charge in [0.25, 0.3) is 0 Å². The lowest BCUT2D eigenvalue weighted by Gasteiger charge is -2.42. The van der Waals surface area contributed by atoms with E-state index in [0.29, 0.717) is 28.8 Å². The summed E-state index contributed by atoms with van der Waals surface area (Å²) in [6, 6.07) is 10.1. The van der Waals surface area contributed by atoms with E-state index in [9.17, 15) is 24.3 Å². The minimum Gasteiger partial charge on any atom is -0.503 e. The first-order valence-electron chi connectivity index (χ1n) is 12.2. The number of carbonyl (C=O) groups excluding carboxylic acids is 4. The molecule has 1 saturated heterocycles. The zero-order valence-electron chi connectivity index (χ0n) is 20.4. The highest BCUT2D eigenvalue weighted by Gasteiger charge is 2.56. The number of allylic oxidation sites excluding steroid dienone is 6. The molecule has 1 heterocycles. The number of rotatable bonds is 3. The third kappa shape index (κ3) is 3.97. The molecule has 2 amide bonds. The van der Waals surface area contributed by atoms with Gasteiger partial charge in [0, 0.05) is 27.6 Å². The fourth-order valence-electron chi connectivity index (χ4n) is 6.35. The lowest BCUT2D eigenvalue weighted by atomic mass is 9.59. The minimum atomic E-state index is -0.704. The van der Waals surface area contributed by atoms with Gasteiger partial charge >= 0.3 is 0 Å². The van der Waals surface area contributed by atoms with Gasteiger partial charge in [-0.15, -0.1) is 0 Å². The van der Waals surface area contributed by atoms with Crippen molar-refractivity contribution in [2.45, 2.75) is 18.8 Å². The van der Waals surface area contributed by atoms with E-state index >= 15 is 0 Å². The Morgan fingerprint density at radius 2 is 1.74 bits per heavy atom. The number of amides is 2. The summed E-state index contributed by atoms with van der Waals surface area (Å²) in [7, 11) is 1.39. The summed E-state index contributed by atoms with van der Waals surface area (Å²) in [6.07, 6.45) is 3.66. The van der Waals surface area contributed by atoms with E-state index in [2.05, 4.69) is 31.9 Å². The van der Waals surface area contributed by atoms with Gasteiger partial charge in [0.15, 0.2) is 23.1 Å². The Bertz CT molecular complexity index is 1590. The summed E-state index contributed by atoms with van der Waals surface area (Å²) in [5, 5.41) is 10.4. The number of methoxy groups -OCH3 is 1. The lowest BCUT2D eigenvalue weighted by molar-refractivity contribution is -0.123. The molecular weight excluding hydrogens is 654 g/mol. The highest BCUT2D eigenvalue weighted by molar-refractivity contribution is 9.12. The number of anilines is 1. The molecule has 2 aromatic carbocycles. The van der Waals surface area contributed by atoms with Crippen molar-refractivity contribution >= 4 is 72.5 Å². The quantitative estimate of drug-likeness (QED) is 0.252. The number of carbonyl (C=O) groups is 4. The van der Waals surface area contributed by atoms with Crippen LogP contribution < -0.4 is 9.64 Å². The first-order chi connectivity index (χ1) is 18.6. The number of phenols is 1. The van der Waals surface area contributed by atoms with Crippen LogP contribution in [0.25, 0.3) is 0 Å². The maximum Gasteiger partial charge on any atom is 0.238 e. The number of fused-ring (bicyclic) bond motifs is 3. The van der Waals surface area contributed by atoms with Crippen LogP contribution in [0.4, 0.5) is 5.69 Å². The van der Waals surface area contributed by atoms with Crippen LogP contribution in [0.15, 0.2) is 74.2 Å². The molecule has 0 spiro atoms. The van der Waals surface area contributed by atoms with Gasteiger partial charge in [-0.2, -0.15) is 0 Å². The van der Waals surface area contributed by atoms with Crippen LogP contribution in [0.5, 0.6) is 11.5 Å². The van der Waals surface area contributed by atoms with Gasteiger partial charge in [0.05, 0.1) is 34.1 Å². The molecule has 10 heteroatoms. The van der Waals surface area contributed by atoms with E-state index in [-0.39, 0.29) is 50.8 Å². The number of ketones is 2. The van der Waals surface area contributed by atoms with Crippen molar-refractivity contribution in [1.29, 1.82) is 0 Å². The van der Waals surface area contributed by atoms with Crippen molar-refractivity contribution in [1.82, 2.24) is 0 Å². The number of ether oxygens (including phenoxy) is 1. The number of benzene rings is 2. The SMILES string of the molecule is COc1cc(C2C3=CCC4C(=O)N(c5ccc(Br)cc5)C(=O)C4C3CC3=C2C(=O)C=C(Br)C3=O)cc(Cl)c1O. The Kier molecular flexibility index (Phi) is 6.44. The molecule has 4 unspecified atom stereocenters. The monoisotopic (exact) mass is 671 g/mol. The molecule has 0 bridgehead atoms. The van der Waals surface area contributed by atoms with Crippen molar-refractivity contribution in [2.75, 3.05) is 12.0 Å². The molecule has 4 atom stereocenters. The summed E-state index contributed by atoms with van der Waals surface area (Å²) >= 11 is 12.9. The number of hydrogen-bond acceptors (Lipinski definition) is 6. The number of imide groups is 1. The molecule has 198 valence electrons. The van der Waals surface area contributed by atoms with Crippen LogP contribution >= 0.6 is 43.5 Å². The molecule has 6 rings (SSSR count). The van der Waals surface area contributed by atoms with Crippen LogP contribution in [0.3, 0.4) is 0 Å². The number of Topliss-reactive ketones (excluding diaryl/α,β-unsaturated/α-hetero) is 1. The van der Waals surface area contributed by atoms with Crippen molar-refractivity contribution in [2.24, 2.45) is 17.8 Å². The molecule has 0 saturated carbocycles. The van der Waals surface area contributed by atoms with E-state index in [1.54, 1.807) is 36.4 Å². The Hall–Kier alpha value is -3.01. The second-order valence-corrected chi connectivity index (χ2v) is 12.1. The molecule has 1 N–H and O–H groups in total. The average Bonchev–Trinajstić information content (AvgIpc) is 3.18. The average molecular weight is 674 g/mol. The predicted octanol–water partition coefficient (Wildman–Crippen LogP) is 5.78. The lowest BCUT2D eigenvalue weighted by Crippen LogP contribution is -2.39. The number of phenolic OH excluding ortho intramolecular Hbond substituents is 1. The number of nitrogens with zero attached hydrogens (tertiary/aromatic N) is 1. The van der Waals surface area contributed by atoms with Crippen LogP contribution in [0.1, 0.15) is 24.3 Å². The fourth-order valence-corrected chi connectivity index (χ4v) is 7.28. The van der Waals surface area contributed by atoms with Crippen molar-refractivity contribution in [3.05, 3.63) is 84.8 Å². The highest BCUT2D eigenvalue weighted by Crippen LogP contribution is 2.56. The van der Waals surface area contributed by atoms with Crippen LogP contribution in [-0.4, -0.2) is 35.6 Å². The van der Waals surface area contributed by atoms with Gasteiger partial charge in [0.1, 0.15) is 0 Å². The Morgan fingerprint density at radius 3 is 2.44 bits per heavy atom. The third-order valence-corrected chi connectivity index (χ3v) is 9.43. The molecule has 7 nitrogen and oxygen atoms in total. The molecule has 39 heavy (non-hydrogen) atoms. The molecule has 4 aliphatic rings. The molecule has 1 fully saturated rings. The normalized spacial score (nSPS) is 26.2. The van der Waals surface area contributed by atoms with E-state index in [1.807, 2.05) is 6.08 Å². The van der Waals surface area contributed by atoms with Crippen molar-refractivity contribution in [3.63, 3.8) is 0 Å². The maximum atomic E-state index is 13.9. The second kappa shape index (κ2) is 9.57. The highest BCUT2D eigenvalue weighted by atomic mass is 79.9. The van der Waals surface area contributed by atoms with E-state index < -0.39 is 23.7 Å². The standard InChI is InChI=1S/C29H20Br2ClNO6/c1-39-22-9-12(8-20(32)27(22)36)23-15-6-7-16-24(17(15)10-18-25(23)21(34)11-19(31)26(18)35)29(38)33(28(16)37)14-4-2-13(30)3-5-14/h2-6,8-9,11,16-17,23-24,36H,7,10H2,1H3. The molecule has 2 aromatic rings. The summed E-state index contributed by atoms with van der Waals surface area (Å²) in [5.74, 6) is -3.83. The first-order valence-corrected chi connectivity index (χ1v) is 14.2. The molecule has 0 radical (unpaired) electrons. The summed E-state index contributed by atoms with van der Waals surface area (Å²) in [5.41, 5.74) is 2.44. The van der Waals surface area contributed by atoms with Crippen LogP contribution in [-0.2, 0) is 19.2 Å². The summed E-state index contributed by atoms with van der Waals surface area (Å²) < 4.78 is 6.29. The van der Waals surface area contributed by atoms with Crippen LogP contribution in [0, 0.1) is 17.8 Å². The number of aromatic hydroxyl groups is 1. The molecule has 1 aliphatic heterocycles. The van der Waals surface area contributed by atoms with Gasteiger partial charge in [-0.25, -0.2) is 0 Å². The topological polar surface area (TPSA) is 101 Å². The largest absolute Gasteiger partial charge is 0.503 e. The number of halogens is 3. The van der Waals surface area contributed by atoms with Crippen molar-refractivity contribution in [3.8, 4) is 11.5 Å². The summed E-state index contributed by atoms with van der Waals surface area (Å²) in [4.78, 5) is 55.4. The third-order valence-electron chi connectivity index (χ3n) is 8.02. The van der Waals surface area contributed by atoms with Gasteiger partial charge in [-0.3, -0.25) is 24.1 Å². The Morgan fingerprint density at radius 1 is 1.03 bits per heavy atom. The van der Waals surface area contributed by atoms with Gasteiger partial charge < -0.3 is 9.84 Å².